The molecule has 1 atom stereocenters. The number of carbonyl (C=O) groups is 1. The summed E-state index contributed by atoms with van der Waals surface area (Å²) in [6, 6.07) is 7.29. The fourth-order valence-electron chi connectivity index (χ4n) is 1.65. The van der Waals surface area contributed by atoms with Gasteiger partial charge in [0.2, 0.25) is 0 Å². The zero-order chi connectivity index (χ0) is 13.1. The van der Waals surface area contributed by atoms with Crippen molar-refractivity contribution in [1.82, 2.24) is 3.53 Å². The molecular weight excluding hydrogens is 345 g/mol. The number of hydrogen-bond donors (Lipinski definition) is 1. The van der Waals surface area contributed by atoms with Crippen molar-refractivity contribution in [2.75, 3.05) is 6.54 Å². The average Bonchev–Trinajstić information content (AvgIpc) is 2.72. The number of ketones is 1. The van der Waals surface area contributed by atoms with Gasteiger partial charge in [0.05, 0.1) is 0 Å². The summed E-state index contributed by atoms with van der Waals surface area (Å²) in [7, 11) is 0. The van der Waals surface area contributed by atoms with Crippen LogP contribution in [0.2, 0.25) is 0 Å². The van der Waals surface area contributed by atoms with Crippen molar-refractivity contribution < 1.29 is 13.9 Å². The number of ether oxygens (including phenoxy) is 1. The minimum atomic E-state index is -0.0730. The lowest BCUT2D eigenvalue weighted by atomic mass is 10.2. The first-order valence-electron chi connectivity index (χ1n) is 5.65. The summed E-state index contributed by atoms with van der Waals surface area (Å²) in [5.41, 5.74) is 0.701. The summed E-state index contributed by atoms with van der Waals surface area (Å²) in [5.74, 6) is 1.08. The molecule has 5 heteroatoms. The Labute approximate surface area is 119 Å². The molecule has 1 aromatic heterocycles. The smallest absolute Gasteiger partial charge is 0.194 e. The quantitative estimate of drug-likeness (QED) is 0.506. The summed E-state index contributed by atoms with van der Waals surface area (Å²) in [4.78, 5) is 11.2. The van der Waals surface area contributed by atoms with Crippen LogP contribution >= 0.6 is 22.9 Å². The van der Waals surface area contributed by atoms with Crippen LogP contribution in [0.25, 0.3) is 11.0 Å². The Morgan fingerprint density at radius 1 is 1.50 bits per heavy atom. The van der Waals surface area contributed by atoms with E-state index in [9.17, 15) is 4.79 Å². The van der Waals surface area contributed by atoms with Gasteiger partial charge in [0.25, 0.3) is 0 Å². The lowest BCUT2D eigenvalue weighted by molar-refractivity contribution is 0.0989. The molecule has 0 amide bonds. The SMILES string of the molecule is CC(=O)c1cc2cc(O[C@H](C)CNI)ccc2o1. The van der Waals surface area contributed by atoms with E-state index in [4.69, 9.17) is 9.15 Å². The minimum absolute atomic E-state index is 0.0730. The first-order valence-corrected chi connectivity index (χ1v) is 6.72. The van der Waals surface area contributed by atoms with Crippen molar-refractivity contribution in [3.63, 3.8) is 0 Å². The second kappa shape index (κ2) is 5.71. The van der Waals surface area contributed by atoms with Gasteiger partial charge < -0.3 is 9.15 Å². The summed E-state index contributed by atoms with van der Waals surface area (Å²) in [6.45, 7) is 4.25. The third-order valence-electron chi connectivity index (χ3n) is 2.54. The molecule has 0 aliphatic carbocycles. The number of nitrogens with one attached hydrogen (secondary N) is 1. The van der Waals surface area contributed by atoms with Gasteiger partial charge in [0.15, 0.2) is 11.5 Å². The Kier molecular flexibility index (Phi) is 4.23. The number of Topliss-reactive ketones (excluding diaryl/α,β-unsaturated/α-hetero) is 1. The van der Waals surface area contributed by atoms with Crippen molar-refractivity contribution in [3.8, 4) is 5.75 Å². The molecule has 2 aromatic rings. The molecule has 4 nitrogen and oxygen atoms in total. The molecule has 0 aliphatic rings. The summed E-state index contributed by atoms with van der Waals surface area (Å²) < 4.78 is 14.2. The van der Waals surface area contributed by atoms with Crippen LogP contribution in [0.15, 0.2) is 28.7 Å². The molecule has 0 saturated carbocycles. The summed E-state index contributed by atoms with van der Waals surface area (Å²) in [6.07, 6.45) is 0.0820. The number of fused-ring (bicyclic) bond motifs is 1. The van der Waals surface area contributed by atoms with Crippen LogP contribution in [-0.4, -0.2) is 18.4 Å². The van der Waals surface area contributed by atoms with Gasteiger partial charge in [-0.05, 0) is 31.2 Å². The Balaban J connectivity index is 2.24. The van der Waals surface area contributed by atoms with Crippen LogP contribution in [0.1, 0.15) is 24.4 Å². The number of carbonyl (C=O) groups excluding carboxylic acids is 1. The number of benzene rings is 1. The highest BCUT2D eigenvalue weighted by Crippen LogP contribution is 2.25. The molecule has 1 N–H and O–H groups in total. The number of hydrogen-bond acceptors (Lipinski definition) is 4. The highest BCUT2D eigenvalue weighted by atomic mass is 127. The van der Waals surface area contributed by atoms with E-state index < -0.39 is 0 Å². The van der Waals surface area contributed by atoms with Crippen molar-refractivity contribution in [1.29, 1.82) is 0 Å². The van der Waals surface area contributed by atoms with Gasteiger partial charge in [0, 0.05) is 41.7 Å². The van der Waals surface area contributed by atoms with E-state index in [1.807, 2.05) is 25.1 Å². The molecule has 0 fully saturated rings. The van der Waals surface area contributed by atoms with Gasteiger partial charge in [-0.25, -0.2) is 0 Å². The molecule has 96 valence electrons. The molecule has 1 heterocycles. The predicted molar refractivity (Wildman–Crippen MR) is 78.3 cm³/mol. The maximum absolute atomic E-state index is 11.2. The van der Waals surface area contributed by atoms with E-state index in [1.54, 1.807) is 6.07 Å². The maximum Gasteiger partial charge on any atom is 0.194 e. The van der Waals surface area contributed by atoms with Gasteiger partial charge >= 0.3 is 0 Å². The van der Waals surface area contributed by atoms with Crippen LogP contribution in [0.3, 0.4) is 0 Å². The third-order valence-corrected chi connectivity index (χ3v) is 2.98. The van der Waals surface area contributed by atoms with Crippen molar-refractivity contribution in [3.05, 3.63) is 30.0 Å². The van der Waals surface area contributed by atoms with Crippen LogP contribution in [-0.2, 0) is 0 Å². The molecule has 0 aliphatic heterocycles. The largest absolute Gasteiger partial charge is 0.489 e. The van der Waals surface area contributed by atoms with Gasteiger partial charge in [-0.3, -0.25) is 8.32 Å². The van der Waals surface area contributed by atoms with Gasteiger partial charge in [-0.2, -0.15) is 0 Å². The molecule has 0 bridgehead atoms. The standard InChI is InChI=1S/C13H14INO3/c1-8(7-15-14)17-11-3-4-12-10(5-11)6-13(18-12)9(2)16/h3-6,8,15H,7H2,1-2H3/t8-/m1/s1. The molecule has 0 spiro atoms. The Morgan fingerprint density at radius 2 is 2.28 bits per heavy atom. The Morgan fingerprint density at radius 3 is 2.94 bits per heavy atom. The van der Waals surface area contributed by atoms with Crippen LogP contribution in [0.4, 0.5) is 0 Å². The molecule has 0 saturated heterocycles. The van der Waals surface area contributed by atoms with E-state index in [2.05, 4.69) is 26.4 Å². The highest BCUT2D eigenvalue weighted by Gasteiger charge is 2.09. The van der Waals surface area contributed by atoms with Gasteiger partial charge in [0.1, 0.15) is 17.4 Å². The number of halogens is 1. The lowest BCUT2D eigenvalue weighted by Crippen LogP contribution is -2.22. The Bertz CT molecular complexity index is 564. The van der Waals surface area contributed by atoms with Crippen molar-refractivity contribution >= 4 is 39.6 Å². The molecule has 1 aromatic carbocycles. The van der Waals surface area contributed by atoms with Crippen molar-refractivity contribution in [2.45, 2.75) is 20.0 Å². The maximum atomic E-state index is 11.2. The number of rotatable bonds is 5. The minimum Gasteiger partial charge on any atom is -0.489 e. The molecule has 0 unspecified atom stereocenters. The van der Waals surface area contributed by atoms with Crippen LogP contribution in [0, 0.1) is 0 Å². The molecule has 0 radical (unpaired) electrons. The highest BCUT2D eigenvalue weighted by molar-refractivity contribution is 14.1. The van der Waals surface area contributed by atoms with Gasteiger partial charge in [-0.1, -0.05) is 0 Å². The second-order valence-corrected chi connectivity index (χ2v) is 4.90. The van der Waals surface area contributed by atoms with Crippen LogP contribution in [0.5, 0.6) is 5.75 Å². The third kappa shape index (κ3) is 3.02. The van der Waals surface area contributed by atoms with E-state index in [1.165, 1.54) is 6.92 Å². The number of furan rings is 1. The van der Waals surface area contributed by atoms with E-state index >= 15 is 0 Å². The van der Waals surface area contributed by atoms with Gasteiger partial charge in [-0.15, -0.1) is 0 Å². The fraction of sp³-hybridized carbons (Fsp3) is 0.308. The first kappa shape index (κ1) is 13.4. The normalized spacial score (nSPS) is 12.6. The molecule has 2 rings (SSSR count). The van der Waals surface area contributed by atoms with Crippen molar-refractivity contribution in [2.24, 2.45) is 0 Å². The molecular formula is C13H14INO3. The fourth-order valence-corrected chi connectivity index (χ4v) is 2.27. The lowest BCUT2D eigenvalue weighted by Gasteiger charge is -2.13. The summed E-state index contributed by atoms with van der Waals surface area (Å²) >= 11 is 2.09. The molecule has 18 heavy (non-hydrogen) atoms. The first-order chi connectivity index (χ1) is 8.60. The average molecular weight is 359 g/mol. The zero-order valence-electron chi connectivity index (χ0n) is 10.2. The predicted octanol–water partition coefficient (Wildman–Crippen LogP) is 3.34. The topological polar surface area (TPSA) is 51.5 Å². The zero-order valence-corrected chi connectivity index (χ0v) is 12.4. The monoisotopic (exact) mass is 359 g/mol. The van der Waals surface area contributed by atoms with E-state index in [0.717, 1.165) is 17.7 Å². The van der Waals surface area contributed by atoms with Crippen LogP contribution < -0.4 is 8.27 Å². The second-order valence-electron chi connectivity index (χ2n) is 4.13. The Hall–Kier alpha value is -1.08. The summed E-state index contributed by atoms with van der Waals surface area (Å²) in [5, 5.41) is 0.882. The van der Waals surface area contributed by atoms with E-state index in [-0.39, 0.29) is 11.9 Å². The van der Waals surface area contributed by atoms with E-state index in [0.29, 0.717) is 11.3 Å².